The van der Waals surface area contributed by atoms with Crippen LogP contribution in [0.3, 0.4) is 0 Å². The third-order valence-electron chi connectivity index (χ3n) is 1.96. The van der Waals surface area contributed by atoms with Crippen LogP contribution in [-0.4, -0.2) is 18.7 Å². The zero-order chi connectivity index (χ0) is 14.0. The van der Waals surface area contributed by atoms with Gasteiger partial charge in [0.1, 0.15) is 6.61 Å². The summed E-state index contributed by atoms with van der Waals surface area (Å²) in [5, 5.41) is 9.84. The topological polar surface area (TPSA) is 114 Å². The molecule has 0 fully saturated rings. The van der Waals surface area contributed by atoms with E-state index in [0.717, 1.165) is 5.69 Å². The number of carbonyl (C=O) groups is 1. The van der Waals surface area contributed by atoms with E-state index in [0.29, 0.717) is 17.5 Å². The number of benzene rings is 1. The Kier molecular flexibility index (Phi) is 7.92. The Morgan fingerprint density at radius 3 is 2.67 bits per heavy atom. The predicted molar refractivity (Wildman–Crippen MR) is 67.8 cm³/mol. The second-order valence-electron chi connectivity index (χ2n) is 3.12. The van der Waals surface area contributed by atoms with Crippen molar-refractivity contribution in [2.45, 2.75) is 6.61 Å². The quantitative estimate of drug-likeness (QED) is 0.144. The van der Waals surface area contributed by atoms with Crippen molar-refractivity contribution < 1.29 is 14.9 Å². The Bertz CT molecular complexity index is 415. The second kappa shape index (κ2) is 8.98. The first-order valence-electron chi connectivity index (χ1n) is 4.85. The molecule has 6 N–H and O–H groups in total. The van der Waals surface area contributed by atoms with Gasteiger partial charge in [-0.25, -0.2) is 16.6 Å². The average Bonchev–Trinajstić information content (AvgIpc) is 2.39. The molecule has 0 radical (unpaired) electrons. The molecule has 0 heterocycles. The molecule has 0 aliphatic carbocycles. The van der Waals surface area contributed by atoms with Gasteiger partial charge in [-0.1, -0.05) is 12.0 Å². The maximum absolute atomic E-state index is 8.94. The number of terminal acetylenes is 1. The van der Waals surface area contributed by atoms with Crippen molar-refractivity contribution in [3.05, 3.63) is 29.3 Å². The molecule has 98 valence electrons. The van der Waals surface area contributed by atoms with Gasteiger partial charge in [-0.3, -0.25) is 15.5 Å². The van der Waals surface area contributed by atoms with Gasteiger partial charge in [-0.2, -0.15) is 0 Å². The van der Waals surface area contributed by atoms with Crippen LogP contribution in [0.5, 0.6) is 0 Å². The molecule has 1 amide bonds. The van der Waals surface area contributed by atoms with Crippen LogP contribution in [0.2, 0.25) is 0 Å². The average molecular weight is 252 g/mol. The third-order valence-corrected chi connectivity index (χ3v) is 1.96. The number of anilines is 1. The van der Waals surface area contributed by atoms with Gasteiger partial charge < -0.3 is 5.01 Å². The third kappa shape index (κ3) is 4.82. The summed E-state index contributed by atoms with van der Waals surface area (Å²) >= 11 is 0. The number of rotatable bonds is 4. The van der Waals surface area contributed by atoms with Gasteiger partial charge in [-0.05, 0) is 12.1 Å². The van der Waals surface area contributed by atoms with Gasteiger partial charge in [0.25, 0.3) is 0 Å². The Labute approximate surface area is 105 Å². The summed E-state index contributed by atoms with van der Waals surface area (Å²) in [5.74, 6) is 12.5. The minimum Gasteiger partial charge on any atom is -0.314 e. The normalized spacial score (nSPS) is 8.61. The molecule has 0 aliphatic rings. The van der Waals surface area contributed by atoms with E-state index in [1.807, 2.05) is 0 Å². The largest absolute Gasteiger partial charge is 0.314 e. The molecule has 18 heavy (non-hydrogen) atoms. The zero-order valence-electron chi connectivity index (χ0n) is 9.96. The standard InChI is InChI=1S/C10H12N2O2.CH4N2O/c1-3-8-5-4-6-10(12(2)11)9(8)7-14-13;2-3-1-4/h1,4-6,13H,7,11H2,2H3;1H,2H2,(H,3,4). The molecule has 7 heteroatoms. The van der Waals surface area contributed by atoms with Gasteiger partial charge >= 0.3 is 0 Å². The van der Waals surface area contributed by atoms with Gasteiger partial charge in [-0.15, -0.1) is 6.42 Å². The molecular weight excluding hydrogens is 236 g/mol. The number of hydrazine groups is 2. The smallest absolute Gasteiger partial charge is 0.221 e. The number of amides is 1. The van der Waals surface area contributed by atoms with Crippen molar-refractivity contribution in [3.8, 4) is 12.3 Å². The summed E-state index contributed by atoms with van der Waals surface area (Å²) in [7, 11) is 1.69. The number of nitrogens with zero attached hydrogens (tertiary/aromatic N) is 1. The van der Waals surface area contributed by atoms with Crippen LogP contribution >= 0.6 is 0 Å². The van der Waals surface area contributed by atoms with Crippen LogP contribution in [0, 0.1) is 12.3 Å². The molecule has 0 unspecified atom stereocenters. The number of hydrogen-bond acceptors (Lipinski definition) is 6. The van der Waals surface area contributed by atoms with E-state index in [2.05, 4.69) is 16.7 Å². The van der Waals surface area contributed by atoms with Gasteiger partial charge in [0.15, 0.2) is 0 Å². The van der Waals surface area contributed by atoms with Crippen LogP contribution in [0.4, 0.5) is 5.69 Å². The van der Waals surface area contributed by atoms with Crippen molar-refractivity contribution in [1.29, 1.82) is 0 Å². The molecule has 0 atom stereocenters. The van der Waals surface area contributed by atoms with E-state index in [1.54, 1.807) is 30.7 Å². The van der Waals surface area contributed by atoms with Crippen molar-refractivity contribution in [1.82, 2.24) is 5.43 Å². The molecule has 0 saturated heterocycles. The van der Waals surface area contributed by atoms with Crippen molar-refractivity contribution in [2.75, 3.05) is 12.1 Å². The fourth-order valence-corrected chi connectivity index (χ4v) is 1.26. The summed E-state index contributed by atoms with van der Waals surface area (Å²) in [6.45, 7) is 0.0250. The molecule has 0 spiro atoms. The fourth-order valence-electron chi connectivity index (χ4n) is 1.26. The lowest BCUT2D eigenvalue weighted by molar-refractivity contribution is -0.252. The van der Waals surface area contributed by atoms with Crippen molar-refractivity contribution in [2.24, 2.45) is 11.7 Å². The Hall–Kier alpha value is -2.11. The van der Waals surface area contributed by atoms with Gasteiger partial charge in [0.05, 0.1) is 5.69 Å². The second-order valence-corrected chi connectivity index (χ2v) is 3.12. The summed E-state index contributed by atoms with van der Waals surface area (Å²) in [4.78, 5) is 13.0. The van der Waals surface area contributed by atoms with Crippen LogP contribution < -0.4 is 22.1 Å². The van der Waals surface area contributed by atoms with Gasteiger partial charge in [0.2, 0.25) is 6.41 Å². The first kappa shape index (κ1) is 15.9. The highest BCUT2D eigenvalue weighted by atomic mass is 17.1. The Morgan fingerprint density at radius 2 is 2.28 bits per heavy atom. The summed E-state index contributed by atoms with van der Waals surface area (Å²) in [5.41, 5.74) is 3.84. The molecule has 0 bridgehead atoms. The molecule has 0 aromatic heterocycles. The van der Waals surface area contributed by atoms with E-state index < -0.39 is 0 Å². The van der Waals surface area contributed by atoms with Gasteiger partial charge in [0, 0.05) is 18.2 Å². The minimum atomic E-state index is 0.0250. The highest BCUT2D eigenvalue weighted by Gasteiger charge is 2.08. The van der Waals surface area contributed by atoms with E-state index in [4.69, 9.17) is 22.3 Å². The van der Waals surface area contributed by atoms with E-state index in [-0.39, 0.29) is 6.61 Å². The first-order valence-corrected chi connectivity index (χ1v) is 4.85. The summed E-state index contributed by atoms with van der Waals surface area (Å²) in [6, 6.07) is 5.37. The van der Waals surface area contributed by atoms with E-state index >= 15 is 0 Å². The van der Waals surface area contributed by atoms with Crippen molar-refractivity contribution in [3.63, 3.8) is 0 Å². The van der Waals surface area contributed by atoms with Crippen molar-refractivity contribution >= 4 is 12.1 Å². The number of carbonyl (C=O) groups excluding carboxylic acids is 1. The summed E-state index contributed by atoms with van der Waals surface area (Å²) in [6.07, 6.45) is 5.71. The SMILES string of the molecule is C#Cc1cccc(N(C)N)c1COO.NNC=O. The van der Waals surface area contributed by atoms with Crippen LogP contribution in [0.25, 0.3) is 0 Å². The fraction of sp³-hybridized carbons (Fsp3) is 0.182. The lowest BCUT2D eigenvalue weighted by Gasteiger charge is -2.17. The molecule has 1 rings (SSSR count). The maximum atomic E-state index is 8.94. The maximum Gasteiger partial charge on any atom is 0.221 e. The Morgan fingerprint density at radius 1 is 1.67 bits per heavy atom. The lowest BCUT2D eigenvalue weighted by Crippen LogP contribution is -2.26. The van der Waals surface area contributed by atoms with Crippen LogP contribution in [-0.2, 0) is 16.3 Å². The number of nitrogens with one attached hydrogen (secondary N) is 1. The lowest BCUT2D eigenvalue weighted by atomic mass is 10.1. The molecule has 1 aromatic carbocycles. The first-order chi connectivity index (χ1) is 8.62. The molecule has 7 nitrogen and oxygen atoms in total. The summed E-state index contributed by atoms with van der Waals surface area (Å²) < 4.78 is 0. The molecule has 0 saturated carbocycles. The van der Waals surface area contributed by atoms with Crippen LogP contribution in [0.1, 0.15) is 11.1 Å². The highest BCUT2D eigenvalue weighted by Crippen LogP contribution is 2.21. The van der Waals surface area contributed by atoms with Crippen LogP contribution in [0.15, 0.2) is 18.2 Å². The predicted octanol–water partition coefficient (Wildman–Crippen LogP) is -0.426. The zero-order valence-corrected chi connectivity index (χ0v) is 9.96. The number of hydrogen-bond donors (Lipinski definition) is 4. The van der Waals surface area contributed by atoms with E-state index in [9.17, 15) is 0 Å². The Balaban J connectivity index is 0.000000631. The number of nitrogens with two attached hydrogens (primary N) is 2. The minimum absolute atomic E-state index is 0.0250. The highest BCUT2D eigenvalue weighted by molar-refractivity contribution is 5.59. The molecular formula is C11H16N4O3. The van der Waals surface area contributed by atoms with E-state index in [1.165, 1.54) is 5.01 Å². The molecule has 1 aromatic rings. The monoisotopic (exact) mass is 252 g/mol. The molecule has 0 aliphatic heterocycles.